The van der Waals surface area contributed by atoms with Gasteiger partial charge in [0.05, 0.1) is 33.1 Å². The van der Waals surface area contributed by atoms with Gasteiger partial charge in [-0.15, -0.1) is 0 Å². The van der Waals surface area contributed by atoms with E-state index < -0.39 is 10.0 Å². The molecule has 0 aliphatic carbocycles. The van der Waals surface area contributed by atoms with Crippen LogP contribution in [0.4, 0.5) is 5.69 Å². The van der Waals surface area contributed by atoms with Gasteiger partial charge in [0.1, 0.15) is 5.82 Å². The van der Waals surface area contributed by atoms with Crippen molar-refractivity contribution in [2.24, 2.45) is 0 Å². The van der Waals surface area contributed by atoms with Crippen LogP contribution < -0.4 is 10.3 Å². The lowest BCUT2D eigenvalue weighted by atomic mass is 10.2. The molecule has 0 radical (unpaired) electrons. The Morgan fingerprint density at radius 2 is 1.92 bits per heavy atom. The van der Waals surface area contributed by atoms with Gasteiger partial charge in [0.2, 0.25) is 10.0 Å². The van der Waals surface area contributed by atoms with Gasteiger partial charge in [0.15, 0.2) is 0 Å². The van der Waals surface area contributed by atoms with Gasteiger partial charge >= 0.3 is 0 Å². The summed E-state index contributed by atoms with van der Waals surface area (Å²) in [5.41, 5.74) is 1.09. The summed E-state index contributed by atoms with van der Waals surface area (Å²) in [6, 6.07) is 11.8. The van der Waals surface area contributed by atoms with Gasteiger partial charge in [-0.1, -0.05) is 23.7 Å². The lowest BCUT2D eigenvalue weighted by molar-refractivity contribution is 0.602. The summed E-state index contributed by atoms with van der Waals surface area (Å²) in [6.45, 7) is 3.25. The first-order valence-electron chi connectivity index (χ1n) is 7.61. The second-order valence-electron chi connectivity index (χ2n) is 5.49. The third kappa shape index (κ3) is 3.38. The highest BCUT2D eigenvalue weighted by Crippen LogP contribution is 2.26. The second kappa shape index (κ2) is 6.50. The monoisotopic (exact) mass is 377 g/mol. The van der Waals surface area contributed by atoms with E-state index in [0.717, 1.165) is 0 Å². The molecule has 0 bridgehead atoms. The Kier molecular flexibility index (Phi) is 4.53. The fourth-order valence-corrected chi connectivity index (χ4v) is 3.39. The quantitative estimate of drug-likeness (QED) is 0.757. The molecule has 1 heterocycles. The first-order valence-corrected chi connectivity index (χ1v) is 9.64. The maximum absolute atomic E-state index is 12.8. The van der Waals surface area contributed by atoms with Crippen LogP contribution in [0.3, 0.4) is 0 Å². The molecule has 1 aromatic heterocycles. The van der Waals surface area contributed by atoms with Gasteiger partial charge in [-0.2, -0.15) is 0 Å². The van der Waals surface area contributed by atoms with Crippen LogP contribution in [0.2, 0.25) is 5.02 Å². The Labute approximate surface area is 150 Å². The van der Waals surface area contributed by atoms with Gasteiger partial charge < -0.3 is 0 Å². The van der Waals surface area contributed by atoms with E-state index in [0.29, 0.717) is 22.4 Å². The van der Waals surface area contributed by atoms with Crippen molar-refractivity contribution in [2.45, 2.75) is 13.8 Å². The first kappa shape index (κ1) is 17.4. The molecule has 0 unspecified atom stereocenters. The molecule has 0 saturated carbocycles. The standard InChI is InChI=1S/C17H16ClN3O3S/c1-3-25(23,24)20-16-10-12(8-9-14(16)18)21-11(2)19-15-7-5-4-6-13(15)17(21)22/h4-10,20H,3H2,1-2H3. The summed E-state index contributed by atoms with van der Waals surface area (Å²) >= 11 is 6.09. The van der Waals surface area contributed by atoms with Crippen LogP contribution >= 0.6 is 11.6 Å². The molecular weight excluding hydrogens is 362 g/mol. The maximum atomic E-state index is 12.8. The SMILES string of the molecule is CCS(=O)(=O)Nc1cc(-n2c(C)nc3ccccc3c2=O)ccc1Cl. The smallest absolute Gasteiger partial charge is 0.265 e. The van der Waals surface area contributed by atoms with E-state index in [1.165, 1.54) is 17.6 Å². The molecule has 6 nitrogen and oxygen atoms in total. The third-order valence-corrected chi connectivity index (χ3v) is 5.42. The molecule has 0 spiro atoms. The number of hydrogen-bond donors (Lipinski definition) is 1. The summed E-state index contributed by atoms with van der Waals surface area (Å²) < 4.78 is 27.5. The number of anilines is 1. The summed E-state index contributed by atoms with van der Waals surface area (Å²) in [5.74, 6) is 0.416. The molecule has 0 amide bonds. The Bertz CT molecular complexity index is 1120. The largest absolute Gasteiger partial charge is 0.282 e. The number of hydrogen-bond acceptors (Lipinski definition) is 4. The van der Waals surface area contributed by atoms with Crippen molar-refractivity contribution < 1.29 is 8.42 Å². The summed E-state index contributed by atoms with van der Waals surface area (Å²) in [5, 5.41) is 0.735. The fourth-order valence-electron chi connectivity index (χ4n) is 2.52. The fraction of sp³-hybridized carbons (Fsp3) is 0.176. The summed E-state index contributed by atoms with van der Waals surface area (Å²) in [7, 11) is -3.49. The van der Waals surface area contributed by atoms with Crippen LogP contribution in [0.5, 0.6) is 0 Å². The van der Waals surface area contributed by atoms with E-state index in [4.69, 9.17) is 11.6 Å². The number of sulfonamides is 1. The Morgan fingerprint density at radius 1 is 1.20 bits per heavy atom. The van der Waals surface area contributed by atoms with Gasteiger partial charge in [-0.25, -0.2) is 13.4 Å². The minimum Gasteiger partial charge on any atom is -0.282 e. The average Bonchev–Trinajstić information content (AvgIpc) is 2.57. The van der Waals surface area contributed by atoms with Crippen molar-refractivity contribution in [3.05, 3.63) is 63.7 Å². The molecule has 25 heavy (non-hydrogen) atoms. The number of nitrogens with zero attached hydrogens (tertiary/aromatic N) is 2. The zero-order valence-electron chi connectivity index (χ0n) is 13.7. The maximum Gasteiger partial charge on any atom is 0.265 e. The Morgan fingerprint density at radius 3 is 2.64 bits per heavy atom. The summed E-state index contributed by atoms with van der Waals surface area (Å²) in [6.07, 6.45) is 0. The molecule has 0 atom stereocenters. The van der Waals surface area contributed by atoms with Crippen LogP contribution in [0.25, 0.3) is 16.6 Å². The molecular formula is C17H16ClN3O3S. The molecule has 0 saturated heterocycles. The van der Waals surface area contributed by atoms with E-state index in [1.807, 2.05) is 6.07 Å². The molecule has 1 N–H and O–H groups in total. The molecule has 0 aliphatic heterocycles. The lowest BCUT2D eigenvalue weighted by Gasteiger charge is -2.14. The number of halogens is 1. The number of para-hydroxylation sites is 1. The third-order valence-electron chi connectivity index (χ3n) is 3.80. The van der Waals surface area contributed by atoms with E-state index in [9.17, 15) is 13.2 Å². The number of nitrogens with one attached hydrogen (secondary N) is 1. The van der Waals surface area contributed by atoms with E-state index >= 15 is 0 Å². The Hall–Kier alpha value is -2.38. The number of rotatable bonds is 4. The normalized spacial score (nSPS) is 11.6. The van der Waals surface area contributed by atoms with Crippen LogP contribution in [0, 0.1) is 6.92 Å². The number of aryl methyl sites for hydroxylation is 1. The molecule has 0 aliphatic rings. The Balaban J connectivity index is 2.21. The highest BCUT2D eigenvalue weighted by Gasteiger charge is 2.14. The molecule has 3 rings (SSSR count). The highest BCUT2D eigenvalue weighted by molar-refractivity contribution is 7.92. The zero-order valence-corrected chi connectivity index (χ0v) is 15.2. The van der Waals surface area contributed by atoms with E-state index in [1.54, 1.807) is 37.3 Å². The summed E-state index contributed by atoms with van der Waals surface area (Å²) in [4.78, 5) is 17.3. The molecule has 3 aromatic rings. The van der Waals surface area contributed by atoms with Crippen LogP contribution in [0.15, 0.2) is 47.3 Å². The predicted octanol–water partition coefficient (Wildman–Crippen LogP) is 3.11. The van der Waals surface area contributed by atoms with Gasteiger partial charge in [0.25, 0.3) is 5.56 Å². The van der Waals surface area contributed by atoms with Crippen LogP contribution in [-0.2, 0) is 10.0 Å². The van der Waals surface area contributed by atoms with Gasteiger partial charge in [0, 0.05) is 0 Å². The minimum atomic E-state index is -3.49. The van der Waals surface area contributed by atoms with Gasteiger partial charge in [-0.3, -0.25) is 14.1 Å². The predicted molar refractivity (Wildman–Crippen MR) is 100 cm³/mol. The van der Waals surface area contributed by atoms with Crippen LogP contribution in [-0.4, -0.2) is 23.7 Å². The van der Waals surface area contributed by atoms with E-state index in [-0.39, 0.29) is 22.0 Å². The second-order valence-corrected chi connectivity index (χ2v) is 7.90. The molecule has 8 heteroatoms. The highest BCUT2D eigenvalue weighted by atomic mass is 35.5. The van der Waals surface area contributed by atoms with Crippen LogP contribution in [0.1, 0.15) is 12.7 Å². The lowest BCUT2D eigenvalue weighted by Crippen LogP contribution is -2.22. The van der Waals surface area contributed by atoms with Crippen molar-refractivity contribution >= 4 is 38.2 Å². The molecule has 0 fully saturated rings. The average molecular weight is 378 g/mol. The number of fused-ring (bicyclic) bond motifs is 1. The van der Waals surface area contributed by atoms with E-state index in [2.05, 4.69) is 9.71 Å². The topological polar surface area (TPSA) is 81.1 Å². The van der Waals surface area contributed by atoms with Crippen molar-refractivity contribution in [1.29, 1.82) is 0 Å². The minimum absolute atomic E-state index is 0.0793. The molecule has 130 valence electrons. The number of aromatic nitrogens is 2. The van der Waals surface area contributed by atoms with Gasteiger partial charge in [-0.05, 0) is 44.2 Å². The van der Waals surface area contributed by atoms with Crippen molar-refractivity contribution in [3.8, 4) is 5.69 Å². The zero-order chi connectivity index (χ0) is 18.2. The van der Waals surface area contributed by atoms with Crippen molar-refractivity contribution in [1.82, 2.24) is 9.55 Å². The molecule has 2 aromatic carbocycles. The number of benzene rings is 2. The first-order chi connectivity index (χ1) is 11.8. The van der Waals surface area contributed by atoms with Crippen molar-refractivity contribution in [2.75, 3.05) is 10.5 Å². The van der Waals surface area contributed by atoms with Crippen molar-refractivity contribution in [3.63, 3.8) is 0 Å².